The molecule has 11 heteroatoms. The Balaban J connectivity index is 1.31. The van der Waals surface area contributed by atoms with Gasteiger partial charge in [0, 0.05) is 49.5 Å². The first-order valence-corrected chi connectivity index (χ1v) is 12.8. The molecule has 4 N–H and O–H groups in total. The van der Waals surface area contributed by atoms with Crippen molar-refractivity contribution in [3.8, 4) is 17.4 Å². The van der Waals surface area contributed by atoms with Gasteiger partial charge in [-0.25, -0.2) is 0 Å². The summed E-state index contributed by atoms with van der Waals surface area (Å²) in [5.41, 5.74) is 1.13. The van der Waals surface area contributed by atoms with E-state index in [2.05, 4.69) is 31.9 Å². The zero-order valence-corrected chi connectivity index (χ0v) is 21.7. The molecule has 0 radical (unpaired) electrons. The summed E-state index contributed by atoms with van der Waals surface area (Å²) in [6.45, 7) is 5.97. The van der Waals surface area contributed by atoms with E-state index in [9.17, 15) is 5.11 Å². The van der Waals surface area contributed by atoms with Gasteiger partial charge in [-0.05, 0) is 67.9 Å². The number of halogens is 2. The fourth-order valence-corrected chi connectivity index (χ4v) is 4.72. The van der Waals surface area contributed by atoms with Gasteiger partial charge in [0.05, 0.1) is 5.02 Å². The standard InChI is InChI=1S/C24H28Cl2N6O2S/c1-31-11-13-32(14-12-31)10-2-9-28-22(27)21-23(33)30-35-24(21)29-17-4-6-18(7-5-17)34-20-15-16(25)3-8-19(20)26/h3-8,15,29H,2,9-14H2,1H3,(H2,27,28)(H,30,33). The van der Waals surface area contributed by atoms with Crippen LogP contribution in [0.4, 0.5) is 10.7 Å². The van der Waals surface area contributed by atoms with Gasteiger partial charge in [0.25, 0.3) is 0 Å². The minimum atomic E-state index is -0.162. The van der Waals surface area contributed by atoms with E-state index in [1.54, 1.807) is 30.3 Å². The molecule has 1 fully saturated rings. The molecule has 0 bridgehead atoms. The number of hydrogen-bond acceptors (Lipinski definition) is 8. The fraction of sp³-hybridized carbons (Fsp3) is 0.333. The van der Waals surface area contributed by atoms with E-state index in [0.29, 0.717) is 38.7 Å². The number of amidine groups is 1. The number of nitrogens with one attached hydrogen (secondary N) is 3. The number of aromatic nitrogens is 1. The predicted octanol–water partition coefficient (Wildman–Crippen LogP) is 5.24. The first-order chi connectivity index (χ1) is 16.9. The molecule has 1 aromatic heterocycles. The van der Waals surface area contributed by atoms with Gasteiger partial charge in [0.2, 0.25) is 5.88 Å². The second kappa shape index (κ2) is 11.9. The molecule has 8 nitrogen and oxygen atoms in total. The maximum absolute atomic E-state index is 10.2. The highest BCUT2D eigenvalue weighted by Gasteiger charge is 2.19. The molecule has 35 heavy (non-hydrogen) atoms. The van der Waals surface area contributed by atoms with Crippen molar-refractivity contribution < 1.29 is 9.84 Å². The number of hydrogen-bond donors (Lipinski definition) is 4. The summed E-state index contributed by atoms with van der Waals surface area (Å²) in [6.07, 6.45) is 0.922. The van der Waals surface area contributed by atoms with Crippen molar-refractivity contribution in [2.75, 3.05) is 51.6 Å². The highest BCUT2D eigenvalue weighted by Crippen LogP contribution is 2.34. The molecule has 0 saturated carbocycles. The minimum absolute atomic E-state index is 0.146. The van der Waals surface area contributed by atoms with Crippen LogP contribution in [-0.2, 0) is 0 Å². The Morgan fingerprint density at radius 1 is 1.14 bits per heavy atom. The molecule has 1 aliphatic rings. The van der Waals surface area contributed by atoms with Crippen molar-refractivity contribution in [3.05, 3.63) is 58.1 Å². The Morgan fingerprint density at radius 2 is 1.89 bits per heavy atom. The number of aromatic hydroxyl groups is 1. The highest BCUT2D eigenvalue weighted by atomic mass is 35.5. The van der Waals surface area contributed by atoms with Crippen LogP contribution in [0, 0.1) is 5.41 Å². The molecule has 0 amide bonds. The maximum atomic E-state index is 10.2. The summed E-state index contributed by atoms with van der Waals surface area (Å²) in [6, 6.07) is 12.3. The maximum Gasteiger partial charge on any atom is 0.236 e. The highest BCUT2D eigenvalue weighted by molar-refractivity contribution is 7.11. The lowest BCUT2D eigenvalue weighted by molar-refractivity contribution is 0.153. The number of piperazine rings is 1. The smallest absolute Gasteiger partial charge is 0.236 e. The monoisotopic (exact) mass is 534 g/mol. The summed E-state index contributed by atoms with van der Waals surface area (Å²) in [7, 11) is 2.15. The molecule has 4 rings (SSSR count). The van der Waals surface area contributed by atoms with Gasteiger partial charge in [-0.15, -0.1) is 0 Å². The van der Waals surface area contributed by atoms with E-state index in [4.69, 9.17) is 33.3 Å². The predicted molar refractivity (Wildman–Crippen MR) is 143 cm³/mol. The van der Waals surface area contributed by atoms with Crippen LogP contribution in [0.2, 0.25) is 10.0 Å². The minimum Gasteiger partial charge on any atom is -0.492 e. The van der Waals surface area contributed by atoms with Crippen LogP contribution in [0.25, 0.3) is 0 Å². The van der Waals surface area contributed by atoms with Gasteiger partial charge >= 0.3 is 0 Å². The Bertz CT molecular complexity index is 1150. The third-order valence-corrected chi connectivity index (χ3v) is 7.01. The van der Waals surface area contributed by atoms with Crippen molar-refractivity contribution in [1.29, 1.82) is 5.41 Å². The zero-order valence-electron chi connectivity index (χ0n) is 19.4. The molecule has 0 atom stereocenters. The molecule has 0 spiro atoms. The number of likely N-dealkylation sites (N-methyl/N-ethyl adjacent to an activating group) is 1. The van der Waals surface area contributed by atoms with Crippen molar-refractivity contribution in [2.24, 2.45) is 0 Å². The van der Waals surface area contributed by atoms with E-state index in [1.165, 1.54) is 0 Å². The van der Waals surface area contributed by atoms with E-state index in [0.717, 1.165) is 56.4 Å². The van der Waals surface area contributed by atoms with Gasteiger partial charge < -0.3 is 30.3 Å². The second-order valence-corrected chi connectivity index (χ2v) is 9.95. The molecule has 3 aromatic rings. The molecular weight excluding hydrogens is 507 g/mol. The van der Waals surface area contributed by atoms with E-state index in [-0.39, 0.29) is 11.7 Å². The largest absolute Gasteiger partial charge is 0.492 e. The lowest BCUT2D eigenvalue weighted by Gasteiger charge is -2.32. The molecule has 186 valence electrons. The molecule has 2 heterocycles. The Kier molecular flexibility index (Phi) is 8.69. The topological polar surface area (TPSA) is 96.7 Å². The molecular formula is C24H28Cl2N6O2S. The lowest BCUT2D eigenvalue weighted by Crippen LogP contribution is -2.45. The van der Waals surface area contributed by atoms with Gasteiger partial charge in [-0.3, -0.25) is 5.41 Å². The quantitative estimate of drug-likeness (QED) is 0.169. The Hall–Kier alpha value is -2.56. The van der Waals surface area contributed by atoms with E-state index < -0.39 is 0 Å². The SMILES string of the molecule is CN1CCN(CCCNC(=N)c2c(O)nsc2Nc2ccc(Oc3cc(Cl)ccc3Cl)cc2)CC1. The van der Waals surface area contributed by atoms with E-state index in [1.807, 2.05) is 12.1 Å². The van der Waals surface area contributed by atoms with Crippen molar-refractivity contribution in [2.45, 2.75) is 6.42 Å². The number of ether oxygens (including phenoxy) is 1. The Morgan fingerprint density at radius 3 is 2.63 bits per heavy atom. The lowest BCUT2D eigenvalue weighted by atomic mass is 10.2. The van der Waals surface area contributed by atoms with Crippen LogP contribution >= 0.6 is 34.7 Å². The number of anilines is 2. The van der Waals surface area contributed by atoms with Crippen LogP contribution in [0.5, 0.6) is 17.4 Å². The molecule has 0 unspecified atom stereocenters. The van der Waals surface area contributed by atoms with E-state index >= 15 is 0 Å². The third-order valence-electron chi connectivity index (χ3n) is 5.71. The van der Waals surface area contributed by atoms with Crippen LogP contribution < -0.4 is 15.4 Å². The van der Waals surface area contributed by atoms with Gasteiger partial charge in [-0.2, -0.15) is 4.37 Å². The normalized spacial score (nSPS) is 14.6. The van der Waals surface area contributed by atoms with Crippen LogP contribution in [0.3, 0.4) is 0 Å². The average Bonchev–Trinajstić information content (AvgIpc) is 3.21. The van der Waals surface area contributed by atoms with Crippen LogP contribution in [0.1, 0.15) is 12.0 Å². The van der Waals surface area contributed by atoms with Crippen molar-refractivity contribution in [1.82, 2.24) is 19.5 Å². The van der Waals surface area contributed by atoms with Gasteiger partial charge in [0.15, 0.2) is 0 Å². The van der Waals surface area contributed by atoms with Crippen molar-refractivity contribution in [3.63, 3.8) is 0 Å². The fourth-order valence-electron chi connectivity index (χ4n) is 3.69. The number of rotatable bonds is 9. The van der Waals surface area contributed by atoms with Crippen LogP contribution in [0.15, 0.2) is 42.5 Å². The molecule has 1 saturated heterocycles. The summed E-state index contributed by atoms with van der Waals surface area (Å²) in [4.78, 5) is 4.77. The number of nitrogens with zero attached hydrogens (tertiary/aromatic N) is 3. The zero-order chi connectivity index (χ0) is 24.8. The first kappa shape index (κ1) is 25.5. The number of benzene rings is 2. The summed E-state index contributed by atoms with van der Waals surface area (Å²) < 4.78 is 9.84. The Labute approximate surface area is 219 Å². The van der Waals surface area contributed by atoms with Gasteiger partial charge in [-0.1, -0.05) is 23.2 Å². The molecule has 1 aliphatic heterocycles. The molecule has 2 aromatic carbocycles. The van der Waals surface area contributed by atoms with Gasteiger partial charge in [0.1, 0.15) is 27.9 Å². The van der Waals surface area contributed by atoms with Crippen LogP contribution in [-0.4, -0.2) is 71.4 Å². The second-order valence-electron chi connectivity index (χ2n) is 8.34. The summed E-state index contributed by atoms with van der Waals surface area (Å²) in [5, 5.41) is 26.6. The third kappa shape index (κ3) is 6.99. The molecule has 0 aliphatic carbocycles. The van der Waals surface area contributed by atoms with Crippen molar-refractivity contribution >= 4 is 51.3 Å². The first-order valence-electron chi connectivity index (χ1n) is 11.3. The summed E-state index contributed by atoms with van der Waals surface area (Å²) >= 11 is 13.3. The summed E-state index contributed by atoms with van der Waals surface area (Å²) in [5.74, 6) is 1.06. The average molecular weight is 536 g/mol.